The summed E-state index contributed by atoms with van der Waals surface area (Å²) in [7, 11) is 0. The van der Waals surface area contributed by atoms with Gasteiger partial charge in [-0.25, -0.2) is 0 Å². The van der Waals surface area contributed by atoms with Crippen LogP contribution >= 0.6 is 0 Å². The lowest BCUT2D eigenvalue weighted by Gasteiger charge is -2.40. The number of benzene rings is 1. The quantitative estimate of drug-likeness (QED) is 0.801. The van der Waals surface area contributed by atoms with Gasteiger partial charge in [-0.15, -0.1) is 0 Å². The zero-order valence-electron chi connectivity index (χ0n) is 10.3. The van der Waals surface area contributed by atoms with Gasteiger partial charge in [-0.1, -0.05) is 6.07 Å². The fourth-order valence-corrected chi connectivity index (χ4v) is 2.46. The number of nitrogens with zero attached hydrogens (tertiary/aromatic N) is 1. The van der Waals surface area contributed by atoms with Crippen molar-refractivity contribution in [3.05, 3.63) is 23.8 Å². The van der Waals surface area contributed by atoms with Gasteiger partial charge in [0.15, 0.2) is 0 Å². The van der Waals surface area contributed by atoms with Crippen LogP contribution < -0.4 is 16.0 Å². The zero-order chi connectivity index (χ0) is 11.7. The van der Waals surface area contributed by atoms with Crippen LogP contribution in [0.3, 0.4) is 0 Å². The van der Waals surface area contributed by atoms with Crippen molar-refractivity contribution in [1.82, 2.24) is 0 Å². The van der Waals surface area contributed by atoms with Crippen LogP contribution in [-0.2, 0) is 6.54 Å². The smallest absolute Gasteiger partial charge is 0.0607 e. The third-order valence-electron chi connectivity index (χ3n) is 3.19. The van der Waals surface area contributed by atoms with E-state index >= 15 is 0 Å². The van der Waals surface area contributed by atoms with E-state index in [1.165, 1.54) is 16.9 Å². The molecule has 0 bridgehead atoms. The van der Waals surface area contributed by atoms with Gasteiger partial charge in [0.05, 0.1) is 11.4 Å². The maximum atomic E-state index is 5.66. The van der Waals surface area contributed by atoms with Crippen molar-refractivity contribution in [2.24, 2.45) is 5.73 Å². The fourth-order valence-electron chi connectivity index (χ4n) is 2.46. The number of rotatable bonds is 2. The van der Waals surface area contributed by atoms with Gasteiger partial charge in [0.2, 0.25) is 0 Å². The Bertz CT molecular complexity index is 373. The van der Waals surface area contributed by atoms with E-state index in [9.17, 15) is 0 Å². The van der Waals surface area contributed by atoms with Crippen LogP contribution in [0.4, 0.5) is 11.4 Å². The first-order valence-corrected chi connectivity index (χ1v) is 5.98. The molecule has 1 aliphatic rings. The molecule has 3 N–H and O–H groups in total. The fraction of sp³-hybridized carbons (Fsp3) is 0.538. The van der Waals surface area contributed by atoms with Gasteiger partial charge in [-0.2, -0.15) is 0 Å². The molecule has 16 heavy (non-hydrogen) atoms. The number of fused-ring (bicyclic) bond motifs is 1. The molecule has 88 valence electrons. The van der Waals surface area contributed by atoms with E-state index in [1.54, 1.807) is 0 Å². The first-order chi connectivity index (χ1) is 7.63. The minimum atomic E-state index is 0.527. The Kier molecular flexibility index (Phi) is 3.06. The van der Waals surface area contributed by atoms with Crippen LogP contribution in [0.5, 0.6) is 0 Å². The Balaban J connectivity index is 2.40. The third kappa shape index (κ3) is 1.87. The summed E-state index contributed by atoms with van der Waals surface area (Å²) in [5, 5.41) is 3.47. The SMILES string of the molecule is CC(C)N1c2ccc(CN)cc2NCC1C. The minimum Gasteiger partial charge on any atom is -0.381 e. The van der Waals surface area contributed by atoms with Crippen LogP contribution in [0.2, 0.25) is 0 Å². The van der Waals surface area contributed by atoms with Gasteiger partial charge in [-0.3, -0.25) is 0 Å². The van der Waals surface area contributed by atoms with Crippen molar-refractivity contribution in [3.8, 4) is 0 Å². The Labute approximate surface area is 97.6 Å². The van der Waals surface area contributed by atoms with Crippen LogP contribution in [0.15, 0.2) is 18.2 Å². The number of anilines is 2. The highest BCUT2D eigenvalue weighted by atomic mass is 15.2. The van der Waals surface area contributed by atoms with E-state index in [2.05, 4.69) is 49.2 Å². The molecule has 0 fully saturated rings. The molecule has 3 heteroatoms. The highest BCUT2D eigenvalue weighted by Crippen LogP contribution is 2.33. The molecule has 1 atom stereocenters. The second kappa shape index (κ2) is 4.34. The second-order valence-electron chi connectivity index (χ2n) is 4.79. The molecular formula is C13H21N3. The van der Waals surface area contributed by atoms with Crippen LogP contribution in [0.1, 0.15) is 26.3 Å². The Morgan fingerprint density at radius 2 is 2.25 bits per heavy atom. The summed E-state index contributed by atoms with van der Waals surface area (Å²) < 4.78 is 0. The zero-order valence-corrected chi connectivity index (χ0v) is 10.3. The average Bonchev–Trinajstić information content (AvgIpc) is 2.27. The molecular weight excluding hydrogens is 198 g/mol. The summed E-state index contributed by atoms with van der Waals surface area (Å²) in [5.41, 5.74) is 9.36. The standard InChI is InChI=1S/C13H21N3/c1-9(2)16-10(3)8-15-12-6-11(7-14)4-5-13(12)16/h4-6,9-10,15H,7-8,14H2,1-3H3. The highest BCUT2D eigenvalue weighted by Gasteiger charge is 2.24. The Hall–Kier alpha value is -1.22. The number of nitrogens with two attached hydrogens (primary N) is 1. The largest absolute Gasteiger partial charge is 0.381 e. The van der Waals surface area contributed by atoms with E-state index < -0.39 is 0 Å². The third-order valence-corrected chi connectivity index (χ3v) is 3.19. The normalized spacial score (nSPS) is 19.6. The molecule has 0 aliphatic carbocycles. The molecule has 1 unspecified atom stereocenters. The lowest BCUT2D eigenvalue weighted by atomic mass is 10.1. The maximum Gasteiger partial charge on any atom is 0.0607 e. The number of hydrogen-bond donors (Lipinski definition) is 2. The summed E-state index contributed by atoms with van der Waals surface area (Å²) >= 11 is 0. The van der Waals surface area contributed by atoms with E-state index in [1.807, 2.05) is 0 Å². The maximum absolute atomic E-state index is 5.66. The topological polar surface area (TPSA) is 41.3 Å². The monoisotopic (exact) mass is 219 g/mol. The van der Waals surface area contributed by atoms with Crippen molar-refractivity contribution in [1.29, 1.82) is 0 Å². The van der Waals surface area contributed by atoms with Crippen molar-refractivity contribution >= 4 is 11.4 Å². The number of hydrogen-bond acceptors (Lipinski definition) is 3. The first-order valence-electron chi connectivity index (χ1n) is 5.98. The predicted octanol–water partition coefficient (Wildman–Crippen LogP) is 2.17. The second-order valence-corrected chi connectivity index (χ2v) is 4.79. The molecule has 2 rings (SSSR count). The van der Waals surface area contributed by atoms with Gasteiger partial charge in [0, 0.05) is 25.2 Å². The van der Waals surface area contributed by atoms with Crippen LogP contribution in [0, 0.1) is 0 Å². The van der Waals surface area contributed by atoms with Crippen LogP contribution in [-0.4, -0.2) is 18.6 Å². The van der Waals surface area contributed by atoms with Crippen molar-refractivity contribution < 1.29 is 0 Å². The van der Waals surface area contributed by atoms with E-state index in [-0.39, 0.29) is 0 Å². The first kappa shape index (κ1) is 11.3. The van der Waals surface area contributed by atoms with E-state index in [0.717, 1.165) is 6.54 Å². The van der Waals surface area contributed by atoms with Gasteiger partial charge < -0.3 is 16.0 Å². The van der Waals surface area contributed by atoms with Crippen molar-refractivity contribution in [2.75, 3.05) is 16.8 Å². The lowest BCUT2D eigenvalue weighted by molar-refractivity contribution is 0.580. The molecule has 1 heterocycles. The summed E-state index contributed by atoms with van der Waals surface area (Å²) in [4.78, 5) is 2.46. The van der Waals surface area contributed by atoms with Crippen LogP contribution in [0.25, 0.3) is 0 Å². The molecule has 1 aromatic rings. The molecule has 0 amide bonds. The summed E-state index contributed by atoms with van der Waals surface area (Å²) in [6, 6.07) is 7.53. The molecule has 0 saturated heterocycles. The Morgan fingerprint density at radius 1 is 1.50 bits per heavy atom. The molecule has 0 spiro atoms. The molecule has 0 saturated carbocycles. The van der Waals surface area contributed by atoms with Gasteiger partial charge >= 0.3 is 0 Å². The van der Waals surface area contributed by atoms with Gasteiger partial charge in [-0.05, 0) is 38.5 Å². The predicted molar refractivity (Wildman–Crippen MR) is 69.9 cm³/mol. The lowest BCUT2D eigenvalue weighted by Crippen LogP contribution is -2.46. The average molecular weight is 219 g/mol. The summed E-state index contributed by atoms with van der Waals surface area (Å²) in [5.74, 6) is 0. The molecule has 1 aliphatic heterocycles. The molecule has 0 radical (unpaired) electrons. The van der Waals surface area contributed by atoms with E-state index in [4.69, 9.17) is 5.73 Å². The summed E-state index contributed by atoms with van der Waals surface area (Å²) in [6.07, 6.45) is 0. The molecule has 0 aromatic heterocycles. The minimum absolute atomic E-state index is 0.527. The Morgan fingerprint density at radius 3 is 2.88 bits per heavy atom. The number of nitrogens with one attached hydrogen (secondary N) is 1. The summed E-state index contributed by atoms with van der Waals surface area (Å²) in [6.45, 7) is 8.34. The van der Waals surface area contributed by atoms with Gasteiger partial charge in [0.25, 0.3) is 0 Å². The highest BCUT2D eigenvalue weighted by molar-refractivity contribution is 5.73. The van der Waals surface area contributed by atoms with E-state index in [0.29, 0.717) is 18.6 Å². The van der Waals surface area contributed by atoms with Crippen molar-refractivity contribution in [2.45, 2.75) is 39.4 Å². The molecule has 3 nitrogen and oxygen atoms in total. The molecule has 1 aromatic carbocycles. The van der Waals surface area contributed by atoms with Crippen molar-refractivity contribution in [3.63, 3.8) is 0 Å². The van der Waals surface area contributed by atoms with Gasteiger partial charge in [0.1, 0.15) is 0 Å².